The molecule has 1 saturated carbocycles. The van der Waals surface area contributed by atoms with Crippen molar-refractivity contribution < 1.29 is 37.3 Å². The van der Waals surface area contributed by atoms with Crippen LogP contribution in [0, 0.1) is 5.92 Å². The van der Waals surface area contributed by atoms with Crippen molar-refractivity contribution in [1.82, 2.24) is 25.2 Å². The van der Waals surface area contributed by atoms with E-state index in [0.717, 1.165) is 0 Å². The lowest BCUT2D eigenvalue weighted by atomic mass is 9.81. The first-order valence-corrected chi connectivity index (χ1v) is 11.8. The van der Waals surface area contributed by atoms with Crippen molar-refractivity contribution in [3.8, 4) is 0 Å². The molecule has 13 heteroatoms. The highest BCUT2D eigenvalue weighted by Gasteiger charge is 2.39. The summed E-state index contributed by atoms with van der Waals surface area (Å²) >= 11 is 0. The van der Waals surface area contributed by atoms with Crippen LogP contribution in [-0.4, -0.2) is 64.8 Å². The van der Waals surface area contributed by atoms with E-state index >= 15 is 0 Å². The van der Waals surface area contributed by atoms with Crippen LogP contribution >= 0.6 is 0 Å². The van der Waals surface area contributed by atoms with Gasteiger partial charge in [-0.05, 0) is 51.2 Å². The van der Waals surface area contributed by atoms with E-state index in [1.807, 2.05) is 0 Å². The van der Waals surface area contributed by atoms with Crippen molar-refractivity contribution in [3.63, 3.8) is 0 Å². The molecule has 2 heterocycles. The zero-order chi connectivity index (χ0) is 31.0. The van der Waals surface area contributed by atoms with Crippen molar-refractivity contribution in [3.05, 3.63) is 29.7 Å². The third-order valence-corrected chi connectivity index (χ3v) is 5.90. The van der Waals surface area contributed by atoms with E-state index in [9.17, 15) is 22.4 Å². The predicted octanol–water partition coefficient (Wildman–Crippen LogP) is 3.99. The van der Waals surface area contributed by atoms with Crippen LogP contribution in [0.1, 0.15) is 75.3 Å². The number of carbonyl (C=O) groups is 1. The Bertz CT molecular complexity index is 1210. The van der Waals surface area contributed by atoms with Gasteiger partial charge in [0.1, 0.15) is 5.60 Å². The van der Waals surface area contributed by atoms with E-state index in [1.165, 1.54) is 30.1 Å². The highest BCUT2D eigenvalue weighted by atomic mass is 19.3. The van der Waals surface area contributed by atoms with Crippen LogP contribution < -0.4 is 16.4 Å². The summed E-state index contributed by atoms with van der Waals surface area (Å²) in [7, 11) is 1.27. The number of nitrogens with one attached hydrogen (secondary N) is 2. The number of nitrogens with zero attached hydrogens (tertiary/aromatic N) is 3. The van der Waals surface area contributed by atoms with Gasteiger partial charge in [-0.3, -0.25) is 0 Å². The minimum atomic E-state index is -4.62. The van der Waals surface area contributed by atoms with Gasteiger partial charge in [0, 0.05) is 25.4 Å². The SMILES string of the molecule is [2H]C([2H])(N)C(F)(F)C([2H])([2H])N[C@H](COC)c1cnn2cc([C@@H](NC(=O)OC(C)(C)C)C3CCC(F)(F)CC3)nc2c1. The van der Waals surface area contributed by atoms with Crippen LogP contribution in [0.4, 0.5) is 22.4 Å². The topological polar surface area (TPSA) is 116 Å². The minimum Gasteiger partial charge on any atom is -0.444 e. The van der Waals surface area contributed by atoms with Gasteiger partial charge in [-0.1, -0.05) is 0 Å². The molecule has 0 aliphatic heterocycles. The number of methoxy groups -OCH3 is 1. The second-order valence-electron chi connectivity index (χ2n) is 10.1. The number of halogens is 4. The van der Waals surface area contributed by atoms with Gasteiger partial charge < -0.3 is 25.8 Å². The summed E-state index contributed by atoms with van der Waals surface area (Å²) in [5.74, 6) is -7.80. The molecular weight excluding hydrogens is 496 g/mol. The molecule has 2 aromatic rings. The summed E-state index contributed by atoms with van der Waals surface area (Å²) in [6.07, 6.45) is 1.56. The maximum absolute atomic E-state index is 14.5. The number of hydrogen-bond donors (Lipinski definition) is 3. The molecule has 1 aliphatic rings. The van der Waals surface area contributed by atoms with E-state index in [0.29, 0.717) is 5.69 Å². The Morgan fingerprint density at radius 1 is 1.35 bits per heavy atom. The molecule has 0 radical (unpaired) electrons. The molecule has 37 heavy (non-hydrogen) atoms. The fraction of sp³-hybridized carbons (Fsp3) is 0.708. The van der Waals surface area contributed by atoms with Crippen LogP contribution in [0.2, 0.25) is 0 Å². The van der Waals surface area contributed by atoms with Crippen LogP contribution in [-0.2, 0) is 9.47 Å². The second-order valence-corrected chi connectivity index (χ2v) is 10.1. The van der Waals surface area contributed by atoms with E-state index < -0.39 is 48.6 Å². The Morgan fingerprint density at radius 3 is 2.62 bits per heavy atom. The van der Waals surface area contributed by atoms with Crippen LogP contribution in [0.5, 0.6) is 0 Å². The zero-order valence-electron chi connectivity index (χ0n) is 25.2. The standard InChI is InChI=1S/C24H36F4N6O3/c1-22(2,3)37-21(35)33-20(15-5-7-23(25,26)8-6-15)17-11-34-19(32-17)9-16(10-31-34)18(12-36-4)30-14-24(27,28)13-29/h9-11,15,18,20,30H,5-8,12-14,29H2,1-4H3,(H,33,35)/t18-,20+/m1/s1/i13D2,14D2. The number of imidazole rings is 1. The van der Waals surface area contributed by atoms with Crippen molar-refractivity contribution in [2.45, 2.75) is 76.0 Å². The zero-order valence-corrected chi connectivity index (χ0v) is 21.2. The molecule has 0 spiro atoms. The van der Waals surface area contributed by atoms with Crippen molar-refractivity contribution in [2.75, 3.05) is 26.7 Å². The third-order valence-electron chi connectivity index (χ3n) is 5.90. The fourth-order valence-corrected chi connectivity index (χ4v) is 4.12. The summed E-state index contributed by atoms with van der Waals surface area (Å²) in [5, 5.41) is 9.04. The molecule has 0 aromatic carbocycles. The minimum absolute atomic E-state index is 0.123. The fourth-order valence-electron chi connectivity index (χ4n) is 4.12. The predicted molar refractivity (Wildman–Crippen MR) is 129 cm³/mol. The maximum atomic E-state index is 14.5. The van der Waals surface area contributed by atoms with E-state index in [2.05, 4.69) is 20.7 Å². The molecule has 2 aromatic heterocycles. The lowest BCUT2D eigenvalue weighted by molar-refractivity contribution is -0.0500. The largest absolute Gasteiger partial charge is 0.444 e. The van der Waals surface area contributed by atoms with Gasteiger partial charge in [-0.25, -0.2) is 31.9 Å². The van der Waals surface area contributed by atoms with Crippen LogP contribution in [0.15, 0.2) is 18.5 Å². The maximum Gasteiger partial charge on any atom is 0.408 e. The van der Waals surface area contributed by atoms with Gasteiger partial charge in [0.15, 0.2) is 5.65 Å². The summed E-state index contributed by atoms with van der Waals surface area (Å²) in [6, 6.07) is -0.589. The summed E-state index contributed by atoms with van der Waals surface area (Å²) in [6.45, 7) is -2.50. The number of alkyl carbamates (subject to hydrolysis) is 1. The van der Waals surface area contributed by atoms with Gasteiger partial charge in [-0.15, -0.1) is 0 Å². The second kappa shape index (κ2) is 11.5. The lowest BCUT2D eigenvalue weighted by Crippen LogP contribution is -2.41. The number of carbonyl (C=O) groups excluding carboxylic acids is 1. The molecule has 3 rings (SSSR count). The first-order valence-electron chi connectivity index (χ1n) is 13.8. The van der Waals surface area contributed by atoms with Gasteiger partial charge >= 0.3 is 6.09 Å². The molecular formula is C24H36F4N6O3. The average Bonchev–Trinajstić information content (AvgIpc) is 3.23. The van der Waals surface area contributed by atoms with Gasteiger partial charge in [0.2, 0.25) is 5.92 Å². The summed E-state index contributed by atoms with van der Waals surface area (Å²) < 4.78 is 98.5. The summed E-state index contributed by atoms with van der Waals surface area (Å²) in [5.41, 5.74) is 4.78. The highest BCUT2D eigenvalue weighted by Crippen LogP contribution is 2.41. The molecule has 1 amide bonds. The highest BCUT2D eigenvalue weighted by molar-refractivity contribution is 5.68. The Balaban J connectivity index is 1.94. The first-order chi connectivity index (χ1) is 18.7. The van der Waals surface area contributed by atoms with Crippen LogP contribution in [0.25, 0.3) is 5.65 Å². The first kappa shape index (κ1) is 23.6. The Kier molecular flexibility index (Phi) is 7.32. The smallest absolute Gasteiger partial charge is 0.408 e. The summed E-state index contributed by atoms with van der Waals surface area (Å²) in [4.78, 5) is 17.2. The third kappa shape index (κ3) is 8.24. The van der Waals surface area contributed by atoms with E-state index in [1.54, 1.807) is 20.8 Å². The monoisotopic (exact) mass is 536 g/mol. The van der Waals surface area contributed by atoms with E-state index in [4.69, 9.17) is 20.7 Å². The van der Waals surface area contributed by atoms with Crippen molar-refractivity contribution in [2.24, 2.45) is 11.7 Å². The molecule has 0 saturated heterocycles. The number of alkyl halides is 4. The van der Waals surface area contributed by atoms with Crippen molar-refractivity contribution in [1.29, 1.82) is 0 Å². The lowest BCUT2D eigenvalue weighted by Gasteiger charge is -2.33. The van der Waals surface area contributed by atoms with Gasteiger partial charge in [-0.2, -0.15) is 5.10 Å². The Morgan fingerprint density at radius 2 is 2.03 bits per heavy atom. The Hall–Kier alpha value is -2.51. The van der Waals surface area contributed by atoms with Crippen molar-refractivity contribution >= 4 is 11.7 Å². The normalized spacial score (nSPS) is 20.9. The molecule has 9 nitrogen and oxygen atoms in total. The number of fused-ring (bicyclic) bond motifs is 1. The van der Waals surface area contributed by atoms with E-state index in [-0.39, 0.29) is 49.4 Å². The average molecular weight is 537 g/mol. The number of rotatable bonds is 10. The van der Waals surface area contributed by atoms with Gasteiger partial charge in [0.05, 0.1) is 49.8 Å². The quantitative estimate of drug-likeness (QED) is 0.393. The number of hydrogen-bond acceptors (Lipinski definition) is 7. The Labute approximate surface area is 219 Å². The number of nitrogens with two attached hydrogens (primary N) is 1. The van der Waals surface area contributed by atoms with Crippen LogP contribution in [0.3, 0.4) is 0 Å². The molecule has 0 bridgehead atoms. The number of amides is 1. The molecule has 1 fully saturated rings. The number of aromatic nitrogens is 3. The molecule has 4 N–H and O–H groups in total. The molecule has 208 valence electrons. The molecule has 2 atom stereocenters. The molecule has 0 unspecified atom stereocenters. The van der Waals surface area contributed by atoms with Gasteiger partial charge in [0.25, 0.3) is 5.92 Å². The molecule has 1 aliphatic carbocycles. The number of ether oxygens (including phenoxy) is 2.